The van der Waals surface area contributed by atoms with Crippen LogP contribution in [0.4, 0.5) is 0 Å². The number of hydrogen-bond acceptors (Lipinski definition) is 2. The molecule has 0 radical (unpaired) electrons. The van der Waals surface area contributed by atoms with Crippen LogP contribution in [-0.4, -0.2) is 15.0 Å². The zero-order valence-electron chi connectivity index (χ0n) is 8.94. The maximum atomic E-state index is 4.59. The van der Waals surface area contributed by atoms with Crippen molar-refractivity contribution in [1.82, 2.24) is 15.0 Å². The largest absolute Gasteiger partial charge is 0.345 e. The molecule has 0 unspecified atom stereocenters. The average molecular weight is 209 g/mol. The molecule has 16 heavy (non-hydrogen) atoms. The van der Waals surface area contributed by atoms with Gasteiger partial charge in [-0.3, -0.25) is 0 Å². The van der Waals surface area contributed by atoms with Crippen molar-refractivity contribution in [1.29, 1.82) is 0 Å². The molecule has 3 nitrogen and oxygen atoms in total. The van der Waals surface area contributed by atoms with Gasteiger partial charge in [0.1, 0.15) is 5.52 Å². The number of aromatic amines is 1. The smallest absolute Gasteiger partial charge is 0.156 e. The fourth-order valence-electron chi connectivity index (χ4n) is 1.83. The van der Waals surface area contributed by atoms with Crippen LogP contribution in [0.15, 0.2) is 42.6 Å². The van der Waals surface area contributed by atoms with Crippen molar-refractivity contribution in [2.24, 2.45) is 0 Å². The summed E-state index contributed by atoms with van der Waals surface area (Å²) >= 11 is 0. The van der Waals surface area contributed by atoms with Crippen LogP contribution in [0.1, 0.15) is 5.69 Å². The summed E-state index contributed by atoms with van der Waals surface area (Å²) < 4.78 is 0. The summed E-state index contributed by atoms with van der Waals surface area (Å²) in [6.07, 6.45) is 1.86. The normalized spacial score (nSPS) is 10.8. The highest BCUT2D eigenvalue weighted by Gasteiger charge is 2.07. The van der Waals surface area contributed by atoms with Gasteiger partial charge in [0.15, 0.2) is 5.65 Å². The summed E-state index contributed by atoms with van der Waals surface area (Å²) in [4.78, 5) is 12.2. The molecule has 0 spiro atoms. The SMILES string of the molecule is Cc1nc2cc[nH]c2nc1-c1ccccc1. The Balaban J connectivity index is 2.27. The summed E-state index contributed by atoms with van der Waals surface area (Å²) in [5, 5.41) is 0. The van der Waals surface area contributed by atoms with E-state index in [2.05, 4.69) is 15.0 Å². The van der Waals surface area contributed by atoms with Crippen molar-refractivity contribution < 1.29 is 0 Å². The van der Waals surface area contributed by atoms with Crippen LogP contribution >= 0.6 is 0 Å². The van der Waals surface area contributed by atoms with Gasteiger partial charge in [0.2, 0.25) is 0 Å². The Hall–Kier alpha value is -2.16. The monoisotopic (exact) mass is 209 g/mol. The molecule has 78 valence electrons. The van der Waals surface area contributed by atoms with E-state index in [0.29, 0.717) is 0 Å². The van der Waals surface area contributed by atoms with E-state index >= 15 is 0 Å². The molecular weight excluding hydrogens is 198 g/mol. The van der Waals surface area contributed by atoms with Crippen molar-refractivity contribution in [2.45, 2.75) is 6.92 Å². The highest BCUT2D eigenvalue weighted by molar-refractivity contribution is 5.75. The van der Waals surface area contributed by atoms with Crippen LogP contribution in [0.3, 0.4) is 0 Å². The number of nitrogens with one attached hydrogen (secondary N) is 1. The van der Waals surface area contributed by atoms with E-state index in [4.69, 9.17) is 0 Å². The minimum atomic E-state index is 0.837. The molecule has 0 amide bonds. The number of nitrogens with zero attached hydrogens (tertiary/aromatic N) is 2. The summed E-state index contributed by atoms with van der Waals surface area (Å²) in [5.74, 6) is 0. The Kier molecular flexibility index (Phi) is 1.96. The number of hydrogen-bond donors (Lipinski definition) is 1. The molecule has 0 fully saturated rings. The molecule has 0 atom stereocenters. The van der Waals surface area contributed by atoms with Gasteiger partial charge in [0.25, 0.3) is 0 Å². The van der Waals surface area contributed by atoms with Gasteiger partial charge in [-0.15, -0.1) is 0 Å². The third-order valence-electron chi connectivity index (χ3n) is 2.61. The number of fused-ring (bicyclic) bond motifs is 1. The molecule has 0 bridgehead atoms. The van der Waals surface area contributed by atoms with Crippen molar-refractivity contribution >= 4 is 11.2 Å². The highest BCUT2D eigenvalue weighted by Crippen LogP contribution is 2.21. The van der Waals surface area contributed by atoms with E-state index in [1.165, 1.54) is 0 Å². The molecule has 0 aliphatic carbocycles. The molecule has 1 N–H and O–H groups in total. The van der Waals surface area contributed by atoms with Gasteiger partial charge < -0.3 is 4.98 Å². The number of aromatic nitrogens is 3. The van der Waals surface area contributed by atoms with Crippen molar-refractivity contribution in [3.05, 3.63) is 48.3 Å². The van der Waals surface area contributed by atoms with E-state index in [-0.39, 0.29) is 0 Å². The lowest BCUT2D eigenvalue weighted by atomic mass is 10.1. The van der Waals surface area contributed by atoms with E-state index in [9.17, 15) is 0 Å². The number of aryl methyl sites for hydroxylation is 1. The van der Waals surface area contributed by atoms with Gasteiger partial charge >= 0.3 is 0 Å². The number of H-pyrrole nitrogens is 1. The van der Waals surface area contributed by atoms with Crippen LogP contribution < -0.4 is 0 Å². The Bertz CT molecular complexity index is 626. The predicted octanol–water partition coefficient (Wildman–Crippen LogP) is 2.93. The second-order valence-electron chi connectivity index (χ2n) is 3.74. The van der Waals surface area contributed by atoms with Crippen LogP contribution in [0.5, 0.6) is 0 Å². The first-order chi connectivity index (χ1) is 7.84. The van der Waals surface area contributed by atoms with Crippen LogP contribution in [0.2, 0.25) is 0 Å². The van der Waals surface area contributed by atoms with Crippen molar-refractivity contribution in [2.75, 3.05) is 0 Å². The Morgan fingerprint density at radius 3 is 2.62 bits per heavy atom. The molecule has 1 aromatic carbocycles. The van der Waals surface area contributed by atoms with Gasteiger partial charge in [-0.25, -0.2) is 9.97 Å². The van der Waals surface area contributed by atoms with Crippen LogP contribution in [0, 0.1) is 6.92 Å². The predicted molar refractivity (Wildman–Crippen MR) is 64.1 cm³/mol. The molecule has 0 aliphatic rings. The molecule has 2 heterocycles. The Morgan fingerprint density at radius 2 is 1.81 bits per heavy atom. The van der Waals surface area contributed by atoms with Crippen molar-refractivity contribution in [3.8, 4) is 11.3 Å². The molecule has 0 saturated heterocycles. The summed E-state index contributed by atoms with van der Waals surface area (Å²) in [6, 6.07) is 12.0. The zero-order valence-corrected chi connectivity index (χ0v) is 8.94. The quantitative estimate of drug-likeness (QED) is 0.669. The Morgan fingerprint density at radius 1 is 1.00 bits per heavy atom. The fraction of sp³-hybridized carbons (Fsp3) is 0.0769. The molecule has 0 aliphatic heterocycles. The van der Waals surface area contributed by atoms with E-state index in [1.807, 2.05) is 49.5 Å². The lowest BCUT2D eigenvalue weighted by Gasteiger charge is -2.04. The standard InChI is InChI=1S/C13H11N3/c1-9-12(10-5-3-2-4-6-10)16-13-11(15-9)7-8-14-13/h2-8H,1H3,(H,14,16). The van der Waals surface area contributed by atoms with E-state index in [1.54, 1.807) is 0 Å². The molecule has 3 heteroatoms. The first-order valence-corrected chi connectivity index (χ1v) is 5.22. The first-order valence-electron chi connectivity index (χ1n) is 5.22. The molecule has 0 saturated carbocycles. The topological polar surface area (TPSA) is 41.6 Å². The van der Waals surface area contributed by atoms with Crippen LogP contribution in [0.25, 0.3) is 22.4 Å². The maximum absolute atomic E-state index is 4.59. The minimum Gasteiger partial charge on any atom is -0.345 e. The second kappa shape index (κ2) is 3.45. The van der Waals surface area contributed by atoms with Gasteiger partial charge in [-0.1, -0.05) is 30.3 Å². The van der Waals surface area contributed by atoms with Gasteiger partial charge in [0, 0.05) is 11.8 Å². The van der Waals surface area contributed by atoms with Crippen LogP contribution in [-0.2, 0) is 0 Å². The fourth-order valence-corrected chi connectivity index (χ4v) is 1.83. The first kappa shape index (κ1) is 9.09. The second-order valence-corrected chi connectivity index (χ2v) is 3.74. The summed E-state index contributed by atoms with van der Waals surface area (Å²) in [6.45, 7) is 1.99. The minimum absolute atomic E-state index is 0.837. The number of rotatable bonds is 1. The summed E-state index contributed by atoms with van der Waals surface area (Å²) in [7, 11) is 0. The molecule has 2 aromatic heterocycles. The maximum Gasteiger partial charge on any atom is 0.156 e. The molecular formula is C13H11N3. The lowest BCUT2D eigenvalue weighted by Crippen LogP contribution is -1.92. The van der Waals surface area contributed by atoms with E-state index < -0.39 is 0 Å². The van der Waals surface area contributed by atoms with Gasteiger partial charge in [-0.05, 0) is 13.0 Å². The third kappa shape index (κ3) is 1.37. The van der Waals surface area contributed by atoms with Gasteiger partial charge in [-0.2, -0.15) is 0 Å². The van der Waals surface area contributed by atoms with E-state index in [0.717, 1.165) is 28.1 Å². The zero-order chi connectivity index (χ0) is 11.0. The lowest BCUT2D eigenvalue weighted by molar-refractivity contribution is 1.18. The molecule has 3 rings (SSSR count). The van der Waals surface area contributed by atoms with Gasteiger partial charge in [0.05, 0.1) is 11.4 Å². The summed E-state index contributed by atoms with van der Waals surface area (Å²) in [5.41, 5.74) is 4.75. The number of benzene rings is 1. The highest BCUT2D eigenvalue weighted by atomic mass is 14.9. The average Bonchev–Trinajstić information content (AvgIpc) is 2.76. The van der Waals surface area contributed by atoms with Crippen molar-refractivity contribution in [3.63, 3.8) is 0 Å². The molecule has 3 aromatic rings. The third-order valence-corrected chi connectivity index (χ3v) is 2.61. The Labute approximate surface area is 93.2 Å².